The molecule has 0 amide bonds. The molecule has 1 aromatic rings. The molecule has 1 aliphatic rings. The summed E-state index contributed by atoms with van der Waals surface area (Å²) in [6.07, 6.45) is 2.67. The molecule has 1 atom stereocenters. The van der Waals surface area contributed by atoms with E-state index in [0.29, 0.717) is 5.92 Å². The van der Waals surface area contributed by atoms with E-state index in [2.05, 4.69) is 37.2 Å². The molecule has 0 spiro atoms. The number of nitrogens with zero attached hydrogens (tertiary/aromatic N) is 2. The third-order valence-electron chi connectivity index (χ3n) is 4.50. The van der Waals surface area contributed by atoms with Gasteiger partial charge in [0.15, 0.2) is 5.96 Å². The number of benzene rings is 1. The highest BCUT2D eigenvalue weighted by atomic mass is 16.5. The lowest BCUT2D eigenvalue weighted by molar-refractivity contribution is 0.115. The number of guanidine groups is 1. The molecule has 0 saturated heterocycles. The van der Waals surface area contributed by atoms with Crippen molar-refractivity contribution in [2.75, 3.05) is 47.0 Å². The fourth-order valence-corrected chi connectivity index (χ4v) is 2.71. The van der Waals surface area contributed by atoms with Crippen molar-refractivity contribution in [3.63, 3.8) is 0 Å². The molecule has 25 heavy (non-hydrogen) atoms. The lowest BCUT2D eigenvalue weighted by Crippen LogP contribution is -2.40. The van der Waals surface area contributed by atoms with Gasteiger partial charge in [-0.1, -0.05) is 25.1 Å². The number of ether oxygens (including phenoxy) is 2. The van der Waals surface area contributed by atoms with Crippen molar-refractivity contribution in [1.29, 1.82) is 0 Å². The quantitative estimate of drug-likeness (QED) is 0.401. The third kappa shape index (κ3) is 6.58. The lowest BCUT2D eigenvalue weighted by atomic mass is 10.0. The monoisotopic (exact) mass is 347 g/mol. The minimum Gasteiger partial charge on any atom is -0.496 e. The Hall–Kier alpha value is -1.75. The molecule has 0 aliphatic heterocycles. The highest BCUT2D eigenvalue weighted by Crippen LogP contribution is 2.28. The zero-order valence-corrected chi connectivity index (χ0v) is 16.1. The predicted octanol–water partition coefficient (Wildman–Crippen LogP) is 3.12. The highest BCUT2D eigenvalue weighted by Gasteiger charge is 2.21. The standard InChI is InChI=1S/C20H33N3O2/c1-5-21-20(23(3)12-13-25-15-17-10-11-17)22-14-16(2)18-8-6-7-9-19(18)24-4/h6-9,16-17H,5,10-15H2,1-4H3,(H,21,22). The van der Waals surface area contributed by atoms with E-state index < -0.39 is 0 Å². The van der Waals surface area contributed by atoms with Gasteiger partial charge in [-0.2, -0.15) is 0 Å². The van der Waals surface area contributed by atoms with Gasteiger partial charge in [0.1, 0.15) is 5.75 Å². The van der Waals surface area contributed by atoms with Crippen molar-refractivity contribution < 1.29 is 9.47 Å². The summed E-state index contributed by atoms with van der Waals surface area (Å²) in [5.74, 6) is 2.97. The van der Waals surface area contributed by atoms with Crippen LogP contribution in [-0.2, 0) is 4.74 Å². The molecule has 1 aromatic carbocycles. The maximum Gasteiger partial charge on any atom is 0.193 e. The first-order valence-corrected chi connectivity index (χ1v) is 9.35. The van der Waals surface area contributed by atoms with Crippen LogP contribution in [0.3, 0.4) is 0 Å². The summed E-state index contributed by atoms with van der Waals surface area (Å²) in [4.78, 5) is 6.96. The van der Waals surface area contributed by atoms with Crippen molar-refractivity contribution >= 4 is 5.96 Å². The largest absolute Gasteiger partial charge is 0.496 e. The second-order valence-corrected chi connectivity index (χ2v) is 6.78. The van der Waals surface area contributed by atoms with Crippen LogP contribution in [0.15, 0.2) is 29.3 Å². The Morgan fingerprint density at radius 2 is 2.12 bits per heavy atom. The first-order valence-electron chi connectivity index (χ1n) is 9.35. The minimum atomic E-state index is 0.296. The Morgan fingerprint density at radius 1 is 1.36 bits per heavy atom. The van der Waals surface area contributed by atoms with Crippen molar-refractivity contribution in [2.45, 2.75) is 32.6 Å². The number of methoxy groups -OCH3 is 1. The van der Waals surface area contributed by atoms with Crippen molar-refractivity contribution in [2.24, 2.45) is 10.9 Å². The van der Waals surface area contributed by atoms with Crippen molar-refractivity contribution in [1.82, 2.24) is 10.2 Å². The molecular weight excluding hydrogens is 314 g/mol. The second-order valence-electron chi connectivity index (χ2n) is 6.78. The van der Waals surface area contributed by atoms with Crippen LogP contribution in [0.1, 0.15) is 38.2 Å². The third-order valence-corrected chi connectivity index (χ3v) is 4.50. The van der Waals surface area contributed by atoms with Gasteiger partial charge in [-0.25, -0.2) is 0 Å². The first kappa shape index (κ1) is 19.6. The Balaban J connectivity index is 1.88. The normalized spacial score (nSPS) is 15.8. The number of aliphatic imine (C=N–C) groups is 1. The number of nitrogens with one attached hydrogen (secondary N) is 1. The molecule has 1 fully saturated rings. The lowest BCUT2D eigenvalue weighted by Gasteiger charge is -2.23. The number of hydrogen-bond acceptors (Lipinski definition) is 3. The average Bonchev–Trinajstić information content (AvgIpc) is 3.46. The summed E-state index contributed by atoms with van der Waals surface area (Å²) < 4.78 is 11.2. The Morgan fingerprint density at radius 3 is 2.80 bits per heavy atom. The predicted molar refractivity (Wildman–Crippen MR) is 104 cm³/mol. The molecular formula is C20H33N3O2. The Labute approximate surface area is 152 Å². The fraction of sp³-hybridized carbons (Fsp3) is 0.650. The van der Waals surface area contributed by atoms with Gasteiger partial charge >= 0.3 is 0 Å². The van der Waals surface area contributed by atoms with E-state index in [4.69, 9.17) is 14.5 Å². The van der Waals surface area contributed by atoms with Crippen LogP contribution < -0.4 is 10.1 Å². The van der Waals surface area contributed by atoms with Gasteiger partial charge in [-0.3, -0.25) is 4.99 Å². The molecule has 1 saturated carbocycles. The van der Waals surface area contributed by atoms with Gasteiger partial charge < -0.3 is 19.7 Å². The van der Waals surface area contributed by atoms with Crippen LogP contribution in [0.25, 0.3) is 0 Å². The molecule has 0 aromatic heterocycles. The maximum absolute atomic E-state index is 5.74. The summed E-state index contributed by atoms with van der Waals surface area (Å²) in [6, 6.07) is 8.16. The fourth-order valence-electron chi connectivity index (χ4n) is 2.71. The molecule has 2 rings (SSSR count). The molecule has 5 nitrogen and oxygen atoms in total. The number of likely N-dealkylation sites (N-methyl/N-ethyl adjacent to an activating group) is 1. The first-order chi connectivity index (χ1) is 12.2. The van der Waals surface area contributed by atoms with E-state index in [9.17, 15) is 0 Å². The van der Waals surface area contributed by atoms with Gasteiger partial charge in [-0.15, -0.1) is 0 Å². The van der Waals surface area contributed by atoms with Crippen LogP contribution in [0.4, 0.5) is 0 Å². The number of hydrogen-bond donors (Lipinski definition) is 1. The highest BCUT2D eigenvalue weighted by molar-refractivity contribution is 5.79. The molecule has 1 unspecified atom stereocenters. The zero-order chi connectivity index (χ0) is 18.1. The van der Waals surface area contributed by atoms with Crippen LogP contribution in [0.2, 0.25) is 0 Å². The van der Waals surface area contributed by atoms with Crippen LogP contribution in [0, 0.1) is 5.92 Å². The molecule has 5 heteroatoms. The Bertz CT molecular complexity index is 543. The second kappa shape index (κ2) is 10.3. The van der Waals surface area contributed by atoms with Crippen LogP contribution in [0.5, 0.6) is 5.75 Å². The van der Waals surface area contributed by atoms with Crippen LogP contribution >= 0.6 is 0 Å². The summed E-state index contributed by atoms with van der Waals surface area (Å²) in [5.41, 5.74) is 1.19. The smallest absolute Gasteiger partial charge is 0.193 e. The van der Waals surface area contributed by atoms with Crippen molar-refractivity contribution in [3.8, 4) is 5.75 Å². The van der Waals surface area contributed by atoms with E-state index in [0.717, 1.165) is 50.5 Å². The summed E-state index contributed by atoms with van der Waals surface area (Å²) in [7, 11) is 3.78. The topological polar surface area (TPSA) is 46.1 Å². The molecule has 0 heterocycles. The van der Waals surface area contributed by atoms with Gasteiger partial charge in [-0.05, 0) is 37.3 Å². The van der Waals surface area contributed by atoms with Gasteiger partial charge in [0.2, 0.25) is 0 Å². The summed E-state index contributed by atoms with van der Waals surface area (Å²) >= 11 is 0. The van der Waals surface area contributed by atoms with Crippen LogP contribution in [-0.4, -0.2) is 57.9 Å². The molecule has 1 N–H and O–H groups in total. The molecule has 0 radical (unpaired) electrons. The van der Waals surface area contributed by atoms with Gasteiger partial charge in [0.05, 0.1) is 13.7 Å². The average molecular weight is 348 g/mol. The summed E-state index contributed by atoms with van der Waals surface area (Å²) in [5, 5.41) is 3.37. The van der Waals surface area contributed by atoms with Crippen molar-refractivity contribution in [3.05, 3.63) is 29.8 Å². The van der Waals surface area contributed by atoms with Gasteiger partial charge in [0, 0.05) is 39.2 Å². The van der Waals surface area contributed by atoms with E-state index in [1.165, 1.54) is 18.4 Å². The summed E-state index contributed by atoms with van der Waals surface area (Å²) in [6.45, 7) is 8.36. The van der Waals surface area contributed by atoms with E-state index >= 15 is 0 Å². The minimum absolute atomic E-state index is 0.296. The maximum atomic E-state index is 5.74. The number of para-hydroxylation sites is 1. The Kier molecular flexibility index (Phi) is 8.06. The zero-order valence-electron chi connectivity index (χ0n) is 16.1. The van der Waals surface area contributed by atoms with E-state index in [1.807, 2.05) is 18.2 Å². The van der Waals surface area contributed by atoms with Gasteiger partial charge in [0.25, 0.3) is 0 Å². The molecule has 0 bridgehead atoms. The van der Waals surface area contributed by atoms with E-state index in [-0.39, 0.29) is 0 Å². The molecule has 140 valence electrons. The number of rotatable bonds is 10. The SMILES string of the molecule is CCNC(=NCC(C)c1ccccc1OC)N(C)CCOCC1CC1. The molecule has 1 aliphatic carbocycles. The van der Waals surface area contributed by atoms with E-state index in [1.54, 1.807) is 7.11 Å².